The van der Waals surface area contributed by atoms with Crippen molar-refractivity contribution in [2.24, 2.45) is 5.10 Å². The second kappa shape index (κ2) is 6.62. The van der Waals surface area contributed by atoms with Crippen LogP contribution in [0.2, 0.25) is 19.3 Å². The Morgan fingerprint density at radius 3 is 2.44 bits per heavy atom. The summed E-state index contributed by atoms with van der Waals surface area (Å²) in [5, 5.41) is 4.22. The molecule has 92 valence electrons. The Labute approximate surface area is 103 Å². The van der Waals surface area contributed by atoms with Gasteiger partial charge in [-0.05, 0) is 0 Å². The van der Waals surface area contributed by atoms with Crippen molar-refractivity contribution in [1.82, 2.24) is 5.43 Å². The topological polar surface area (TPSA) is 41.5 Å². The average Bonchev–Trinajstić information content (AvgIpc) is 2.24. The van der Waals surface area contributed by atoms with Gasteiger partial charge in [0.1, 0.15) is 0 Å². The molecule has 0 aromatic heterocycles. The number of rotatable bonds is 4. The molecule has 0 saturated heterocycles. The maximum atomic E-state index is 11.5. The molecule has 4 heteroatoms. The van der Waals surface area contributed by atoms with Gasteiger partial charge in [0.25, 0.3) is 0 Å². The van der Waals surface area contributed by atoms with Crippen molar-refractivity contribution in [1.29, 1.82) is 0 Å². The molecule has 0 atom stereocenters. The average molecular weight is 331 g/mol. The molecule has 1 N–H and O–H groups in total. The number of nitrogens with zero attached hydrogens (tertiary/aromatic N) is 1. The Kier molecular flexibility index (Phi) is 5.79. The van der Waals surface area contributed by atoms with Gasteiger partial charge in [-0.1, -0.05) is 0 Å². The van der Waals surface area contributed by atoms with Crippen LogP contribution < -0.4 is 5.43 Å². The van der Waals surface area contributed by atoms with Crippen LogP contribution in [-0.2, 0) is 4.79 Å². The van der Waals surface area contributed by atoms with Crippen LogP contribution in [0.1, 0.15) is 38.5 Å². The molecule has 1 rings (SSSR count). The monoisotopic (exact) mass is 332 g/mol. The Morgan fingerprint density at radius 1 is 1.25 bits per heavy atom. The number of hydrogen-bond acceptors (Lipinski definition) is 2. The molecule has 1 saturated carbocycles. The molecule has 0 aromatic carbocycles. The molecule has 0 heterocycles. The van der Waals surface area contributed by atoms with E-state index in [1.165, 1.54) is 25.0 Å². The molecular formula is C12H24N2OSn. The Hall–Kier alpha value is -0.0613. The zero-order valence-corrected chi connectivity index (χ0v) is 13.7. The molecule has 0 aliphatic heterocycles. The van der Waals surface area contributed by atoms with Crippen LogP contribution in [0.4, 0.5) is 0 Å². The number of nitrogens with one attached hydrogen (secondary N) is 1. The summed E-state index contributed by atoms with van der Waals surface area (Å²) in [7, 11) is 0. The van der Waals surface area contributed by atoms with Gasteiger partial charge in [0.15, 0.2) is 0 Å². The number of hydrogen-bond donors (Lipinski definition) is 1. The molecule has 1 fully saturated rings. The predicted octanol–water partition coefficient (Wildman–Crippen LogP) is 3.15. The van der Waals surface area contributed by atoms with Gasteiger partial charge in [-0.15, -0.1) is 0 Å². The van der Waals surface area contributed by atoms with Crippen molar-refractivity contribution >= 4 is 30.0 Å². The van der Waals surface area contributed by atoms with Gasteiger partial charge in [0.05, 0.1) is 0 Å². The van der Waals surface area contributed by atoms with Gasteiger partial charge in [-0.25, -0.2) is 0 Å². The van der Waals surface area contributed by atoms with Gasteiger partial charge in [0.2, 0.25) is 0 Å². The molecule has 0 unspecified atom stereocenters. The minimum atomic E-state index is -1.77. The number of amides is 1. The second-order valence-electron chi connectivity index (χ2n) is 5.83. The van der Waals surface area contributed by atoms with Crippen LogP contribution in [0.5, 0.6) is 0 Å². The first-order valence-electron chi connectivity index (χ1n) is 6.32. The van der Waals surface area contributed by atoms with Crippen LogP contribution >= 0.6 is 0 Å². The summed E-state index contributed by atoms with van der Waals surface area (Å²) >= 11 is -1.77. The van der Waals surface area contributed by atoms with Gasteiger partial charge in [-0.3, -0.25) is 0 Å². The van der Waals surface area contributed by atoms with Gasteiger partial charge in [0, 0.05) is 0 Å². The summed E-state index contributed by atoms with van der Waals surface area (Å²) in [5.74, 6) is 0.102. The van der Waals surface area contributed by atoms with Crippen molar-refractivity contribution in [2.45, 2.75) is 57.8 Å². The standard InChI is InChI=1S/C9H15N2O.3CH3.Sn/c1-2-9(12)11-10-8-6-4-3-5-7-8;;;;/h1-7H2,(H,11,12);3*1H3;. The molecule has 1 aliphatic rings. The van der Waals surface area contributed by atoms with Crippen molar-refractivity contribution in [3.05, 3.63) is 0 Å². The van der Waals surface area contributed by atoms with E-state index in [-0.39, 0.29) is 5.91 Å². The Bertz CT molecular complexity index is 261. The molecule has 0 aromatic rings. The van der Waals surface area contributed by atoms with Gasteiger partial charge >= 0.3 is 103 Å². The third-order valence-electron chi connectivity index (χ3n) is 2.87. The molecule has 0 bridgehead atoms. The maximum absolute atomic E-state index is 11.5. The molecule has 3 nitrogen and oxygen atoms in total. The molecule has 0 spiro atoms. The molecular weight excluding hydrogens is 307 g/mol. The normalized spacial score (nSPS) is 17.1. The van der Waals surface area contributed by atoms with E-state index < -0.39 is 18.4 Å². The summed E-state index contributed by atoms with van der Waals surface area (Å²) in [6.45, 7) is 0. The number of hydrazone groups is 1. The number of carbonyl (C=O) groups is 1. The van der Waals surface area contributed by atoms with Gasteiger partial charge < -0.3 is 0 Å². The number of carbonyl (C=O) groups excluding carboxylic acids is 1. The quantitative estimate of drug-likeness (QED) is 0.624. The molecule has 1 aliphatic carbocycles. The van der Waals surface area contributed by atoms with E-state index in [2.05, 4.69) is 25.3 Å². The summed E-state index contributed by atoms with van der Waals surface area (Å²) in [5.41, 5.74) is 3.89. The fraction of sp³-hybridized carbons (Fsp3) is 0.833. The summed E-state index contributed by atoms with van der Waals surface area (Å²) < 4.78 is 1.12. The second-order valence-corrected chi connectivity index (χ2v) is 21.9. The van der Waals surface area contributed by atoms with Crippen LogP contribution in [0.3, 0.4) is 0 Å². The van der Waals surface area contributed by atoms with E-state index in [0.717, 1.165) is 17.3 Å². The Morgan fingerprint density at radius 2 is 1.88 bits per heavy atom. The van der Waals surface area contributed by atoms with E-state index in [0.29, 0.717) is 6.42 Å². The van der Waals surface area contributed by atoms with Crippen molar-refractivity contribution < 1.29 is 4.79 Å². The molecule has 16 heavy (non-hydrogen) atoms. The fourth-order valence-corrected chi connectivity index (χ4v) is 4.55. The summed E-state index contributed by atoms with van der Waals surface area (Å²) in [4.78, 5) is 18.6. The van der Waals surface area contributed by atoms with E-state index in [9.17, 15) is 4.79 Å². The third kappa shape index (κ3) is 6.51. The zero-order chi connectivity index (χ0) is 12.0. The first kappa shape index (κ1) is 14.0. The van der Waals surface area contributed by atoms with Crippen molar-refractivity contribution in [2.75, 3.05) is 0 Å². The first-order chi connectivity index (χ1) is 7.47. The third-order valence-corrected chi connectivity index (χ3v) is 7.87. The van der Waals surface area contributed by atoms with Crippen LogP contribution in [-0.4, -0.2) is 30.0 Å². The fourth-order valence-electron chi connectivity index (χ4n) is 1.76. The van der Waals surface area contributed by atoms with E-state index >= 15 is 0 Å². The van der Waals surface area contributed by atoms with Crippen LogP contribution in [0, 0.1) is 0 Å². The first-order valence-corrected chi connectivity index (χ1v) is 16.9. The van der Waals surface area contributed by atoms with E-state index in [1.807, 2.05) is 0 Å². The summed E-state index contributed by atoms with van der Waals surface area (Å²) in [6.07, 6.45) is 6.57. The summed E-state index contributed by atoms with van der Waals surface area (Å²) in [6, 6.07) is 0. The van der Waals surface area contributed by atoms with E-state index in [1.54, 1.807) is 0 Å². The van der Waals surface area contributed by atoms with Crippen molar-refractivity contribution in [3.8, 4) is 0 Å². The van der Waals surface area contributed by atoms with E-state index in [4.69, 9.17) is 0 Å². The minimum absolute atomic E-state index is 0.102. The zero-order valence-electron chi connectivity index (χ0n) is 10.8. The Balaban J connectivity index is 2.23. The molecule has 0 radical (unpaired) electrons. The SMILES string of the molecule is [CH3][Sn]([CH3])([CH3])[CH2]CC(=O)NN=C1CCCCC1. The van der Waals surface area contributed by atoms with Crippen LogP contribution in [0.15, 0.2) is 5.10 Å². The predicted molar refractivity (Wildman–Crippen MR) is 71.4 cm³/mol. The van der Waals surface area contributed by atoms with Crippen LogP contribution in [0.25, 0.3) is 0 Å². The van der Waals surface area contributed by atoms with Gasteiger partial charge in [-0.2, -0.15) is 0 Å². The molecule has 1 amide bonds. The van der Waals surface area contributed by atoms with Crippen molar-refractivity contribution in [3.63, 3.8) is 0 Å².